The predicted molar refractivity (Wildman–Crippen MR) is 125 cm³/mol. The highest BCUT2D eigenvalue weighted by molar-refractivity contribution is 14.1. The maximum atomic E-state index is 14.6. The largest absolute Gasteiger partial charge is 0.416 e. The predicted octanol–water partition coefficient (Wildman–Crippen LogP) is 5.86. The number of nitrogens with zero attached hydrogens (tertiary/aromatic N) is 1. The van der Waals surface area contributed by atoms with Gasteiger partial charge >= 0.3 is 6.18 Å². The molecule has 9 heteroatoms. The van der Waals surface area contributed by atoms with Gasteiger partial charge in [-0.05, 0) is 58.3 Å². The Labute approximate surface area is 200 Å². The summed E-state index contributed by atoms with van der Waals surface area (Å²) < 4.78 is 57.2. The second kappa shape index (κ2) is 8.83. The summed E-state index contributed by atoms with van der Waals surface area (Å²) in [7, 11) is 0. The molecule has 3 aromatic rings. The van der Waals surface area contributed by atoms with Crippen molar-refractivity contribution in [3.05, 3.63) is 96.1 Å². The van der Waals surface area contributed by atoms with Crippen molar-refractivity contribution in [2.24, 2.45) is 5.73 Å². The van der Waals surface area contributed by atoms with Crippen LogP contribution >= 0.6 is 34.4 Å². The number of rotatable bonds is 4. The second-order valence-corrected chi connectivity index (χ2v) is 9.74. The molecule has 1 aliphatic heterocycles. The van der Waals surface area contributed by atoms with Gasteiger partial charge in [0.15, 0.2) is 0 Å². The molecular formula is C23H19F4IN2OS. The summed E-state index contributed by atoms with van der Waals surface area (Å²) in [6.07, 6.45) is -4.95. The molecule has 0 spiro atoms. The minimum atomic E-state index is -4.68. The maximum absolute atomic E-state index is 14.6. The zero-order valence-corrected chi connectivity index (χ0v) is 19.9. The number of aromatic nitrogens is 1. The molecule has 2 heterocycles. The Morgan fingerprint density at radius 2 is 1.84 bits per heavy atom. The topological polar surface area (TPSA) is 48.0 Å². The first-order valence-corrected chi connectivity index (χ1v) is 11.9. The Bertz CT molecular complexity index is 1230. The summed E-state index contributed by atoms with van der Waals surface area (Å²) >= 11 is 3.29. The van der Waals surface area contributed by atoms with E-state index in [1.54, 1.807) is 11.5 Å². The molecular weight excluding hydrogens is 555 g/mol. The van der Waals surface area contributed by atoms with Gasteiger partial charge in [-0.25, -0.2) is 4.39 Å². The smallest absolute Gasteiger partial charge is 0.322 e. The quantitative estimate of drug-likeness (QED) is 0.314. The SMILES string of the molecule is Cc1c(Cc2c(F)cccc2C(F)(F)F)c2n(c(=O)c1I)[C@@H](C(N)c1ccccc1)CS2. The Morgan fingerprint density at radius 3 is 2.50 bits per heavy atom. The van der Waals surface area contributed by atoms with Gasteiger partial charge in [0.1, 0.15) is 5.82 Å². The van der Waals surface area contributed by atoms with Crippen LogP contribution in [-0.4, -0.2) is 10.3 Å². The lowest BCUT2D eigenvalue weighted by Gasteiger charge is -2.24. The van der Waals surface area contributed by atoms with Crippen LogP contribution in [0.5, 0.6) is 0 Å². The Hall–Kier alpha value is -1.85. The van der Waals surface area contributed by atoms with E-state index in [9.17, 15) is 22.4 Å². The second-order valence-electron chi connectivity index (χ2n) is 7.65. The van der Waals surface area contributed by atoms with Crippen molar-refractivity contribution < 1.29 is 17.6 Å². The lowest BCUT2D eigenvalue weighted by atomic mass is 9.96. The van der Waals surface area contributed by atoms with Crippen LogP contribution in [0.1, 0.15) is 39.9 Å². The van der Waals surface area contributed by atoms with Crippen molar-refractivity contribution in [1.82, 2.24) is 4.57 Å². The summed E-state index contributed by atoms with van der Waals surface area (Å²) in [4.78, 5) is 13.2. The highest BCUT2D eigenvalue weighted by Gasteiger charge is 2.37. The van der Waals surface area contributed by atoms with Gasteiger partial charge in [-0.15, -0.1) is 11.8 Å². The maximum Gasteiger partial charge on any atom is 0.416 e. The van der Waals surface area contributed by atoms with Gasteiger partial charge in [0.05, 0.1) is 26.2 Å². The lowest BCUT2D eigenvalue weighted by molar-refractivity contribution is -0.138. The summed E-state index contributed by atoms with van der Waals surface area (Å²) in [6.45, 7) is 1.69. The first-order valence-electron chi connectivity index (χ1n) is 9.82. The molecule has 0 radical (unpaired) electrons. The van der Waals surface area contributed by atoms with Crippen molar-refractivity contribution >= 4 is 34.4 Å². The van der Waals surface area contributed by atoms with E-state index in [1.807, 2.05) is 52.9 Å². The van der Waals surface area contributed by atoms with E-state index in [4.69, 9.17) is 5.73 Å². The van der Waals surface area contributed by atoms with E-state index in [2.05, 4.69) is 0 Å². The van der Waals surface area contributed by atoms with Crippen LogP contribution in [0.2, 0.25) is 0 Å². The summed E-state index contributed by atoms with van der Waals surface area (Å²) in [5.74, 6) is -0.416. The highest BCUT2D eigenvalue weighted by atomic mass is 127. The molecule has 1 unspecified atom stereocenters. The standard InChI is InChI=1S/C23H19F4IN2OS/c1-12-14(10-15-16(23(25,26)27)8-5-9-17(15)24)22-30(21(31)19(12)28)18(11-32-22)20(29)13-6-3-2-4-7-13/h2-9,18,20H,10-11,29H2,1H3/t18-,20?/m1/s1. The molecule has 1 aromatic heterocycles. The van der Waals surface area contributed by atoms with E-state index in [0.29, 0.717) is 25.5 Å². The Balaban J connectivity index is 1.85. The van der Waals surface area contributed by atoms with E-state index >= 15 is 0 Å². The first-order chi connectivity index (χ1) is 15.1. The van der Waals surface area contributed by atoms with Crippen molar-refractivity contribution in [1.29, 1.82) is 0 Å². The molecule has 0 fully saturated rings. The fourth-order valence-electron chi connectivity index (χ4n) is 4.04. The van der Waals surface area contributed by atoms with Gasteiger partial charge in [0.2, 0.25) is 0 Å². The van der Waals surface area contributed by atoms with Crippen LogP contribution in [0.4, 0.5) is 17.6 Å². The van der Waals surface area contributed by atoms with Gasteiger partial charge in [-0.1, -0.05) is 36.4 Å². The van der Waals surface area contributed by atoms with E-state index in [-0.39, 0.29) is 18.0 Å². The number of pyridine rings is 1. The number of benzene rings is 2. The number of fused-ring (bicyclic) bond motifs is 1. The third-order valence-electron chi connectivity index (χ3n) is 5.76. The zero-order valence-electron chi connectivity index (χ0n) is 16.9. The van der Waals surface area contributed by atoms with Crippen LogP contribution < -0.4 is 11.3 Å². The molecule has 0 amide bonds. The van der Waals surface area contributed by atoms with Gasteiger partial charge in [-0.3, -0.25) is 9.36 Å². The molecule has 2 aromatic carbocycles. The van der Waals surface area contributed by atoms with Crippen molar-refractivity contribution in [3.8, 4) is 0 Å². The number of halogens is 5. The Morgan fingerprint density at radius 1 is 1.16 bits per heavy atom. The zero-order chi connectivity index (χ0) is 23.2. The van der Waals surface area contributed by atoms with Gasteiger partial charge in [-0.2, -0.15) is 13.2 Å². The molecule has 3 nitrogen and oxygen atoms in total. The minimum absolute atomic E-state index is 0.229. The molecule has 4 rings (SSSR count). The number of hydrogen-bond donors (Lipinski definition) is 1. The van der Waals surface area contributed by atoms with Gasteiger partial charge in [0.25, 0.3) is 5.56 Å². The normalized spacial score (nSPS) is 16.8. The average molecular weight is 574 g/mol. The molecule has 1 aliphatic rings. The number of nitrogens with two attached hydrogens (primary N) is 1. The van der Waals surface area contributed by atoms with Crippen LogP contribution in [0.3, 0.4) is 0 Å². The fourth-order valence-corrected chi connectivity index (χ4v) is 6.07. The molecule has 32 heavy (non-hydrogen) atoms. The van der Waals surface area contributed by atoms with Crippen molar-refractivity contribution in [3.63, 3.8) is 0 Å². The third-order valence-corrected chi connectivity index (χ3v) is 8.26. The summed E-state index contributed by atoms with van der Waals surface area (Å²) in [5, 5.41) is 0.556. The molecule has 168 valence electrons. The molecule has 0 saturated carbocycles. The van der Waals surface area contributed by atoms with Gasteiger partial charge < -0.3 is 5.73 Å². The van der Waals surface area contributed by atoms with E-state index in [0.717, 1.165) is 23.8 Å². The highest BCUT2D eigenvalue weighted by Crippen LogP contribution is 2.43. The number of hydrogen-bond acceptors (Lipinski definition) is 3. The molecule has 0 saturated heterocycles. The third kappa shape index (κ3) is 4.10. The molecule has 2 atom stereocenters. The minimum Gasteiger partial charge on any atom is -0.322 e. The van der Waals surface area contributed by atoms with Crippen LogP contribution in [0.15, 0.2) is 58.4 Å². The summed E-state index contributed by atoms with van der Waals surface area (Å²) in [6, 6.07) is 11.5. The molecule has 0 aliphatic carbocycles. The lowest BCUT2D eigenvalue weighted by Crippen LogP contribution is -2.33. The van der Waals surface area contributed by atoms with E-state index in [1.165, 1.54) is 11.8 Å². The van der Waals surface area contributed by atoms with Crippen LogP contribution in [0.25, 0.3) is 0 Å². The molecule has 2 N–H and O–H groups in total. The number of thioether (sulfide) groups is 1. The first kappa shape index (κ1) is 23.3. The summed E-state index contributed by atoms with van der Waals surface area (Å²) in [5.41, 5.74) is 6.80. The number of alkyl halides is 3. The van der Waals surface area contributed by atoms with Crippen LogP contribution in [-0.2, 0) is 12.6 Å². The van der Waals surface area contributed by atoms with Crippen LogP contribution in [0, 0.1) is 16.3 Å². The monoisotopic (exact) mass is 574 g/mol. The van der Waals surface area contributed by atoms with E-state index < -0.39 is 29.2 Å². The van der Waals surface area contributed by atoms with Gasteiger partial charge in [0, 0.05) is 17.7 Å². The van der Waals surface area contributed by atoms with Crippen molar-refractivity contribution in [2.75, 3.05) is 5.75 Å². The molecule has 0 bridgehead atoms. The fraction of sp³-hybridized carbons (Fsp3) is 0.261. The van der Waals surface area contributed by atoms with Crippen molar-refractivity contribution in [2.45, 2.75) is 36.6 Å². The average Bonchev–Trinajstić information content (AvgIpc) is 3.20. The Kier molecular flexibility index (Phi) is 6.43.